The number of thioether (sulfide) groups is 1. The summed E-state index contributed by atoms with van der Waals surface area (Å²) >= 11 is 1.83. The minimum absolute atomic E-state index is 0.0690. The van der Waals surface area contributed by atoms with Crippen molar-refractivity contribution in [2.45, 2.75) is 0 Å². The predicted octanol–water partition coefficient (Wildman–Crippen LogP) is 3.46. The van der Waals surface area contributed by atoms with E-state index in [4.69, 9.17) is 5.21 Å². The zero-order chi connectivity index (χ0) is 20.6. The van der Waals surface area contributed by atoms with Crippen molar-refractivity contribution in [1.82, 2.24) is 10.4 Å². The molecular formula is C22H21FN2O3S. The van der Waals surface area contributed by atoms with Crippen LogP contribution >= 0.6 is 11.8 Å². The third-order valence-electron chi connectivity index (χ3n) is 4.47. The summed E-state index contributed by atoms with van der Waals surface area (Å²) in [5.41, 5.74) is 4.30. The number of hydrogen-bond acceptors (Lipinski definition) is 4. The van der Waals surface area contributed by atoms with E-state index < -0.39 is 5.91 Å². The maximum absolute atomic E-state index is 13.4. The van der Waals surface area contributed by atoms with Crippen LogP contribution in [0.2, 0.25) is 0 Å². The van der Waals surface area contributed by atoms with Gasteiger partial charge in [-0.2, -0.15) is 11.8 Å². The summed E-state index contributed by atoms with van der Waals surface area (Å²) < 4.78 is 13.4. The minimum Gasteiger partial charge on any atom is -0.337 e. The summed E-state index contributed by atoms with van der Waals surface area (Å²) in [6.07, 6.45) is 4.58. The highest BCUT2D eigenvalue weighted by Gasteiger charge is 2.21. The Morgan fingerprint density at radius 1 is 1.00 bits per heavy atom. The van der Waals surface area contributed by atoms with Gasteiger partial charge in [0.05, 0.1) is 0 Å². The Balaban J connectivity index is 1.89. The first-order valence-corrected chi connectivity index (χ1v) is 10.3. The van der Waals surface area contributed by atoms with E-state index >= 15 is 0 Å². The lowest BCUT2D eigenvalue weighted by molar-refractivity contribution is -0.125. The van der Waals surface area contributed by atoms with Crippen LogP contribution in [-0.2, 0) is 9.59 Å². The van der Waals surface area contributed by atoms with Crippen LogP contribution < -0.4 is 5.48 Å². The number of carbonyl (C=O) groups excluding carboxylic acids is 2. The molecule has 1 fully saturated rings. The number of halogens is 1. The average molecular weight is 412 g/mol. The van der Waals surface area contributed by atoms with Crippen molar-refractivity contribution in [3.63, 3.8) is 0 Å². The normalized spacial score (nSPS) is 14.8. The molecule has 29 heavy (non-hydrogen) atoms. The van der Waals surface area contributed by atoms with Gasteiger partial charge >= 0.3 is 0 Å². The van der Waals surface area contributed by atoms with Crippen LogP contribution in [0.25, 0.3) is 17.7 Å². The van der Waals surface area contributed by atoms with Crippen molar-refractivity contribution in [3.8, 4) is 0 Å². The number of amides is 2. The van der Waals surface area contributed by atoms with Gasteiger partial charge in [0.25, 0.3) is 11.8 Å². The maximum Gasteiger partial charge on any atom is 0.267 e. The van der Waals surface area contributed by atoms with Gasteiger partial charge < -0.3 is 4.90 Å². The lowest BCUT2D eigenvalue weighted by Gasteiger charge is -2.27. The molecule has 0 unspecified atom stereocenters. The molecule has 1 heterocycles. The Morgan fingerprint density at radius 3 is 2.24 bits per heavy atom. The topological polar surface area (TPSA) is 69.6 Å². The van der Waals surface area contributed by atoms with Crippen LogP contribution in [-0.4, -0.2) is 46.5 Å². The Hall–Kier alpha value is -2.90. The summed E-state index contributed by atoms with van der Waals surface area (Å²) in [7, 11) is 0. The quantitative estimate of drug-likeness (QED) is 0.342. The standard InChI is InChI=1S/C22H21FN2O3S/c23-19-8-6-18(7-9-19)20(22(27)25-11-13-29-14-12-25)15-17-3-1-16(2-4-17)5-10-21(26)24-28/h1-10,15,28H,11-14H2,(H,24,26)/b10-5+,20-15+. The molecule has 5 nitrogen and oxygen atoms in total. The van der Waals surface area contributed by atoms with Gasteiger partial charge in [-0.3, -0.25) is 14.8 Å². The molecule has 1 saturated heterocycles. The molecule has 0 atom stereocenters. The molecule has 7 heteroatoms. The van der Waals surface area contributed by atoms with E-state index in [9.17, 15) is 14.0 Å². The van der Waals surface area contributed by atoms with Crippen LogP contribution in [0.4, 0.5) is 4.39 Å². The van der Waals surface area contributed by atoms with Gasteiger partial charge in [-0.25, -0.2) is 9.87 Å². The van der Waals surface area contributed by atoms with Crippen molar-refractivity contribution in [3.05, 3.63) is 77.1 Å². The number of carbonyl (C=O) groups is 2. The van der Waals surface area contributed by atoms with E-state index in [2.05, 4.69) is 0 Å². The number of hydroxylamine groups is 1. The number of rotatable bonds is 5. The Morgan fingerprint density at radius 2 is 1.62 bits per heavy atom. The molecule has 150 valence electrons. The number of nitrogens with zero attached hydrogens (tertiary/aromatic N) is 1. The summed E-state index contributed by atoms with van der Waals surface area (Å²) in [4.78, 5) is 26.0. The third-order valence-corrected chi connectivity index (χ3v) is 5.41. The van der Waals surface area contributed by atoms with E-state index in [1.54, 1.807) is 36.4 Å². The molecular weight excluding hydrogens is 391 g/mol. The van der Waals surface area contributed by atoms with Crippen LogP contribution in [0, 0.1) is 5.82 Å². The van der Waals surface area contributed by atoms with Gasteiger partial charge in [-0.05, 0) is 41.0 Å². The molecule has 2 amide bonds. The van der Waals surface area contributed by atoms with Crippen molar-refractivity contribution in [2.24, 2.45) is 0 Å². The fraction of sp³-hybridized carbons (Fsp3) is 0.182. The Labute approximate surface area is 172 Å². The van der Waals surface area contributed by atoms with Gasteiger partial charge in [0.2, 0.25) is 0 Å². The third kappa shape index (κ3) is 5.79. The highest BCUT2D eigenvalue weighted by molar-refractivity contribution is 7.99. The van der Waals surface area contributed by atoms with Crippen molar-refractivity contribution in [2.75, 3.05) is 24.6 Å². The second-order valence-electron chi connectivity index (χ2n) is 6.45. The summed E-state index contributed by atoms with van der Waals surface area (Å²) in [5, 5.41) is 8.52. The van der Waals surface area contributed by atoms with Crippen molar-refractivity contribution in [1.29, 1.82) is 0 Å². The van der Waals surface area contributed by atoms with E-state index in [0.29, 0.717) is 24.2 Å². The summed E-state index contributed by atoms with van der Waals surface area (Å²) in [6, 6.07) is 13.2. The van der Waals surface area contributed by atoms with Gasteiger partial charge in [-0.15, -0.1) is 0 Å². The monoisotopic (exact) mass is 412 g/mol. The Kier molecular flexibility index (Phi) is 7.21. The highest BCUT2D eigenvalue weighted by Crippen LogP contribution is 2.23. The lowest BCUT2D eigenvalue weighted by Crippen LogP contribution is -2.38. The largest absolute Gasteiger partial charge is 0.337 e. The van der Waals surface area contributed by atoms with E-state index in [1.807, 2.05) is 28.8 Å². The molecule has 0 aromatic heterocycles. The molecule has 1 aliphatic heterocycles. The summed E-state index contributed by atoms with van der Waals surface area (Å²) in [6.45, 7) is 1.39. The molecule has 0 saturated carbocycles. The van der Waals surface area contributed by atoms with Crippen LogP contribution in [0.1, 0.15) is 16.7 Å². The van der Waals surface area contributed by atoms with Gasteiger partial charge in [0.1, 0.15) is 5.82 Å². The fourth-order valence-corrected chi connectivity index (χ4v) is 3.82. The van der Waals surface area contributed by atoms with Crippen LogP contribution in [0.5, 0.6) is 0 Å². The average Bonchev–Trinajstić information content (AvgIpc) is 2.77. The second kappa shape index (κ2) is 10.0. The molecule has 0 aliphatic carbocycles. The molecule has 2 aromatic rings. The molecule has 3 rings (SSSR count). The van der Waals surface area contributed by atoms with Gasteiger partial charge in [0.15, 0.2) is 0 Å². The molecule has 1 aliphatic rings. The van der Waals surface area contributed by atoms with E-state index in [-0.39, 0.29) is 11.7 Å². The predicted molar refractivity (Wildman–Crippen MR) is 114 cm³/mol. The number of benzene rings is 2. The van der Waals surface area contributed by atoms with Gasteiger partial charge in [-0.1, -0.05) is 36.4 Å². The number of nitrogens with one attached hydrogen (secondary N) is 1. The van der Waals surface area contributed by atoms with Crippen LogP contribution in [0.3, 0.4) is 0 Å². The summed E-state index contributed by atoms with van der Waals surface area (Å²) in [5.74, 6) is 0.784. The zero-order valence-corrected chi connectivity index (χ0v) is 16.5. The SMILES string of the molecule is O=C(/C=C/c1ccc(/C=C(/C(=O)N2CCSCC2)c2ccc(F)cc2)cc1)NO. The molecule has 2 aromatic carbocycles. The van der Waals surface area contributed by atoms with Crippen LogP contribution in [0.15, 0.2) is 54.6 Å². The van der Waals surface area contributed by atoms with Gasteiger partial charge in [0, 0.05) is 36.2 Å². The van der Waals surface area contributed by atoms with Crippen molar-refractivity contribution >= 4 is 41.3 Å². The van der Waals surface area contributed by atoms with E-state index in [0.717, 1.165) is 22.6 Å². The zero-order valence-electron chi connectivity index (χ0n) is 15.7. The first-order valence-electron chi connectivity index (χ1n) is 9.14. The number of hydrogen-bond donors (Lipinski definition) is 2. The first kappa shape index (κ1) is 20.8. The Bertz CT molecular complexity index is 918. The first-order chi connectivity index (χ1) is 14.1. The molecule has 2 N–H and O–H groups in total. The van der Waals surface area contributed by atoms with Crippen molar-refractivity contribution < 1.29 is 19.2 Å². The fourth-order valence-electron chi connectivity index (χ4n) is 2.91. The highest BCUT2D eigenvalue weighted by atomic mass is 32.2. The molecule has 0 spiro atoms. The molecule has 0 radical (unpaired) electrons. The lowest BCUT2D eigenvalue weighted by atomic mass is 10.0. The molecule has 0 bridgehead atoms. The minimum atomic E-state index is -0.613. The second-order valence-corrected chi connectivity index (χ2v) is 7.67. The smallest absolute Gasteiger partial charge is 0.267 e. The maximum atomic E-state index is 13.4. The van der Waals surface area contributed by atoms with E-state index in [1.165, 1.54) is 23.7 Å².